The second-order valence-electron chi connectivity index (χ2n) is 33.7. The fraction of sp³-hybridized carbons (Fsp3) is 0.0413. The smallest absolute Gasteiger partial charge is 0.506 e. The first-order chi connectivity index (χ1) is 69.0. The van der Waals surface area contributed by atoms with Gasteiger partial charge in [0.2, 0.25) is 0 Å². The van der Waals surface area contributed by atoms with E-state index in [2.05, 4.69) is 282 Å². The van der Waals surface area contributed by atoms with E-state index in [0.717, 1.165) is 112 Å². The second-order valence-corrected chi connectivity index (χ2v) is 37.4. The van der Waals surface area contributed by atoms with Gasteiger partial charge in [0.05, 0.1) is 33.9 Å². The Morgan fingerprint density at radius 3 is 1.15 bits per heavy atom. The van der Waals surface area contributed by atoms with Crippen LogP contribution in [0.1, 0.15) is 44.6 Å². The van der Waals surface area contributed by atoms with Gasteiger partial charge in [0.1, 0.15) is 34.6 Å². The number of phenolic OH excluding ortho intramolecular Hbond substituents is 4. The zero-order valence-electron chi connectivity index (χ0n) is 77.6. The predicted octanol–water partition coefficient (Wildman–Crippen LogP) is 22.3. The minimum Gasteiger partial charge on any atom is -0.506 e. The van der Waals surface area contributed by atoms with Crippen molar-refractivity contribution in [1.29, 1.82) is 0 Å². The van der Waals surface area contributed by atoms with Gasteiger partial charge in [0.25, 0.3) is 0 Å². The minimum absolute atomic E-state index is 0. The molecule has 0 fully saturated rings. The number of nitrogens with zero attached hydrogens (tertiary/aromatic N) is 14. The molecule has 0 aliphatic carbocycles. The molecule has 4 aliphatic heterocycles. The van der Waals surface area contributed by atoms with Crippen molar-refractivity contribution >= 4 is 90.7 Å². The Balaban J connectivity index is 0.000000137. The van der Waals surface area contributed by atoms with Crippen molar-refractivity contribution in [3.63, 3.8) is 0 Å². The molecule has 0 amide bonds. The Morgan fingerprint density at radius 2 is 0.694 bits per heavy atom. The third kappa shape index (κ3) is 22.5. The molecule has 144 heavy (non-hydrogen) atoms. The SMILES string of the molecule is Oc1ccccc1N1C=CN(Cc2[c-]c(C(c3ccccc3)(c3ccccc3)c3ccccn3)ccc2)[CH-]1.Oc1ccccc1N1C=CN(Cc2[c-]c(N(c3ccccc3)c3ccccn3)ccc2)[CH-]1.Oc1ccccc1N1C=CN(Cc2[c-]c([Si](c3ccccc3)(c3ccccc3)c3ccccn3)ccc2)[CH-]1.Oc1ccccc1N1C=CN(Cc2[c-]c3c(cc2)c2ccccc2n3-c2ccccn2)[CH-]1.[Pt+2].[Pt+2].[Pt+2].[Pt+2]. The number of hydrogen-bond donors (Lipinski definition) is 4. The average Bonchev–Trinajstić information content (AvgIpc) is 1.51. The van der Waals surface area contributed by atoms with Gasteiger partial charge in [-0.25, -0.2) is 9.97 Å². The average molecular weight is 2620 g/mol. The summed E-state index contributed by atoms with van der Waals surface area (Å²) in [5.41, 5.74) is 14.9. The molecule has 23 heteroatoms. The molecule has 0 saturated heterocycles. The summed E-state index contributed by atoms with van der Waals surface area (Å²) < 4.78 is 2.17. The fourth-order valence-corrected chi connectivity index (χ4v) is 22.9. The summed E-state index contributed by atoms with van der Waals surface area (Å²) in [5.74, 6) is 2.71. The number of rotatable bonds is 24. The zero-order valence-corrected chi connectivity index (χ0v) is 87.7. The van der Waals surface area contributed by atoms with Crippen molar-refractivity contribution in [1.82, 2.24) is 44.1 Å². The van der Waals surface area contributed by atoms with Crippen LogP contribution in [0.2, 0.25) is 0 Å². The topological polar surface area (TPSA) is 167 Å². The van der Waals surface area contributed by atoms with Crippen LogP contribution in [0, 0.1) is 50.9 Å². The number of hydrogen-bond acceptors (Lipinski definition) is 17. The quantitative estimate of drug-likeness (QED) is 0.0256. The Kier molecular flexibility index (Phi) is 34.0. The molecule has 18 nitrogen and oxygen atoms in total. The Labute approximate surface area is 898 Å². The maximum absolute atomic E-state index is 10.3. The number of aromatic nitrogens is 5. The Morgan fingerprint density at radius 1 is 0.299 bits per heavy atom. The number of benzene rings is 14. The number of para-hydroxylation sites is 10. The normalized spacial score (nSPS) is 12.8. The van der Waals surface area contributed by atoms with Gasteiger partial charge >= 0.3 is 84.3 Å². The van der Waals surface area contributed by atoms with Crippen molar-refractivity contribution in [3.05, 3.63) is 582 Å². The summed E-state index contributed by atoms with van der Waals surface area (Å²) in [6.07, 6.45) is 23.2. The molecule has 0 saturated carbocycles. The van der Waals surface area contributed by atoms with Crippen LogP contribution in [0.25, 0.3) is 27.6 Å². The number of fused-ring (bicyclic) bond motifs is 3. The molecule has 718 valence electrons. The van der Waals surface area contributed by atoms with E-state index in [-0.39, 0.29) is 107 Å². The number of aromatic hydroxyl groups is 4. The van der Waals surface area contributed by atoms with Crippen molar-refractivity contribution < 1.29 is 105 Å². The van der Waals surface area contributed by atoms with Gasteiger partial charge in [-0.15, -0.1) is 39.3 Å². The van der Waals surface area contributed by atoms with Crippen LogP contribution in [-0.2, 0) is 116 Å². The first kappa shape index (κ1) is 102. The molecule has 0 atom stereocenters. The van der Waals surface area contributed by atoms with E-state index in [1.165, 1.54) is 20.9 Å². The molecular formula is C121H96N14O4Pt4Si. The van der Waals surface area contributed by atoms with Gasteiger partial charge in [-0.2, -0.15) is 117 Å². The van der Waals surface area contributed by atoms with Gasteiger partial charge in [-0.05, 0) is 218 Å². The summed E-state index contributed by atoms with van der Waals surface area (Å²) in [4.78, 5) is 37.1. The van der Waals surface area contributed by atoms with E-state index in [4.69, 9.17) is 9.97 Å². The standard InChI is InChI=1S/C34H27N3O.C33H27N3OSi.C27H20N4O.C27H22N4O.4Pt/c38-32-19-8-7-18-31(32)37-23-22-36(26-37)25-27-12-11-17-30(24-27)34(28-13-3-1-4-14-28,29-15-5-2-6-16-29)33-20-9-10-21-35-33;37-32-19-8-7-18-31(32)36-23-22-35(26-36)25-27-12-11-17-30(24-27)38(28-13-3-1-4-14-28,29-15-5-2-6-16-29)33-20-9-10-21-34-33;32-26-10-4-3-9-24(26)30-16-15-29(19-30)18-20-12-13-22-21-7-1-2-8-23(21)31(25(22)17-20)27-11-5-6-14-28-27;32-26-14-5-4-13-25(26)30-18-17-29(21-30)20-22-9-8-12-24(19-22)31(23-10-2-1-3-11-23)27-15-6-7-16-28-27;;;;/h1-23,26,38H,25H2;1-23,26,37H,25H2;1-16,19,32H,18H2;1-18,21,32H,20H2;;;;/q4*-2;4*+2. The maximum atomic E-state index is 10.3. The van der Waals surface area contributed by atoms with Crippen molar-refractivity contribution in [2.45, 2.75) is 31.6 Å². The third-order valence-corrected chi connectivity index (χ3v) is 29.3. The van der Waals surface area contributed by atoms with Crippen molar-refractivity contribution in [3.8, 4) is 28.8 Å². The molecular weight excluding hydrogens is 2520 g/mol. The minimum atomic E-state index is -2.72. The van der Waals surface area contributed by atoms with Crippen LogP contribution in [0.5, 0.6) is 23.0 Å². The first-order valence-electron chi connectivity index (χ1n) is 46.2. The molecule has 0 unspecified atom stereocenters. The summed E-state index contributed by atoms with van der Waals surface area (Å²) in [6, 6.07) is 153. The van der Waals surface area contributed by atoms with E-state index in [1.807, 2.05) is 284 Å². The van der Waals surface area contributed by atoms with Crippen molar-refractivity contribution in [2.24, 2.45) is 0 Å². The van der Waals surface area contributed by atoms with Crippen LogP contribution in [0.3, 0.4) is 0 Å². The number of phenols is 4. The molecule has 0 spiro atoms. The van der Waals surface area contributed by atoms with Crippen LogP contribution in [0.4, 0.5) is 39.9 Å². The number of anilines is 7. The third-order valence-electron chi connectivity index (χ3n) is 24.8. The summed E-state index contributed by atoms with van der Waals surface area (Å²) in [7, 11) is -2.72. The zero-order chi connectivity index (χ0) is 94.8. The molecule has 23 rings (SSSR count). The Hall–Kier alpha value is -15.2. The second kappa shape index (κ2) is 48.1. The van der Waals surface area contributed by atoms with Gasteiger partial charge in [-0.1, -0.05) is 242 Å². The monoisotopic (exact) mass is 2620 g/mol. The predicted molar refractivity (Wildman–Crippen MR) is 562 cm³/mol. The molecule has 9 heterocycles. The van der Waals surface area contributed by atoms with E-state index in [0.29, 0.717) is 26.2 Å². The van der Waals surface area contributed by atoms with Crippen LogP contribution >= 0.6 is 0 Å². The van der Waals surface area contributed by atoms with Crippen LogP contribution < -0.4 is 45.4 Å². The molecule has 19 aromatic rings. The molecule has 5 aromatic heterocycles. The van der Waals surface area contributed by atoms with E-state index >= 15 is 0 Å². The Bertz CT molecular complexity index is 7080. The molecule has 4 aliphatic rings. The fourth-order valence-electron chi connectivity index (χ4n) is 18.4. The first-order valence-corrected chi connectivity index (χ1v) is 48.2. The molecule has 14 aromatic carbocycles. The van der Waals surface area contributed by atoms with Gasteiger partial charge in [-0.3, -0.25) is 9.97 Å². The van der Waals surface area contributed by atoms with E-state index in [1.54, 1.807) is 30.5 Å². The summed E-state index contributed by atoms with van der Waals surface area (Å²) in [5, 5.41) is 48.0. The largest absolute Gasteiger partial charge is 2.00 e. The maximum Gasteiger partial charge on any atom is 2.00 e. The van der Waals surface area contributed by atoms with Gasteiger partial charge in [0, 0.05) is 41.3 Å². The molecule has 4 N–H and O–H groups in total. The van der Waals surface area contributed by atoms with E-state index in [9.17, 15) is 20.4 Å². The van der Waals surface area contributed by atoms with Crippen LogP contribution in [-0.4, -0.2) is 72.6 Å². The summed E-state index contributed by atoms with van der Waals surface area (Å²) >= 11 is 0. The summed E-state index contributed by atoms with van der Waals surface area (Å²) in [6.45, 7) is 10.5. The van der Waals surface area contributed by atoms with Gasteiger partial charge < -0.3 is 69.1 Å². The molecule has 0 bridgehead atoms. The van der Waals surface area contributed by atoms with E-state index < -0.39 is 13.5 Å². The van der Waals surface area contributed by atoms with Crippen molar-refractivity contribution in [2.75, 3.05) is 24.5 Å². The van der Waals surface area contributed by atoms with Crippen LogP contribution in [0.15, 0.2) is 487 Å². The van der Waals surface area contributed by atoms with Gasteiger partial charge in [0.15, 0.2) is 8.07 Å². The molecule has 0 radical (unpaired) electrons. The number of pyridine rings is 4.